The van der Waals surface area contributed by atoms with E-state index in [9.17, 15) is 25.6 Å². The van der Waals surface area contributed by atoms with Crippen molar-refractivity contribution in [1.82, 2.24) is 19.1 Å². The first-order valence-corrected chi connectivity index (χ1v) is 9.95. The number of sulfonamides is 2. The first kappa shape index (κ1) is 18.2. The Morgan fingerprint density at radius 1 is 1.30 bits per heavy atom. The van der Waals surface area contributed by atoms with Crippen LogP contribution in [0.5, 0.6) is 0 Å². The maximum Gasteiger partial charge on any atom is 0.302 e. The van der Waals surface area contributed by atoms with Gasteiger partial charge in [0.15, 0.2) is 0 Å². The zero-order chi connectivity index (χ0) is 17.5. The van der Waals surface area contributed by atoms with Gasteiger partial charge in [-0.05, 0) is 34.1 Å². The van der Waals surface area contributed by atoms with Crippen LogP contribution in [0.2, 0.25) is 0 Å². The van der Waals surface area contributed by atoms with Crippen LogP contribution in [-0.2, 0) is 27.1 Å². The number of nitrogens with one attached hydrogen (secondary N) is 1. The monoisotopic (exact) mass is 432 g/mol. The fourth-order valence-corrected chi connectivity index (χ4v) is 5.25. The van der Waals surface area contributed by atoms with Gasteiger partial charge < -0.3 is 0 Å². The second-order valence-corrected chi connectivity index (χ2v) is 9.58. The van der Waals surface area contributed by atoms with Crippen LogP contribution in [0.4, 0.5) is 8.78 Å². The van der Waals surface area contributed by atoms with Crippen LogP contribution < -0.4 is 4.13 Å². The zero-order valence-corrected chi connectivity index (χ0v) is 14.8. The third-order valence-corrected chi connectivity index (χ3v) is 6.69. The average molecular weight is 433 g/mol. The lowest BCUT2D eigenvalue weighted by molar-refractivity contribution is 0.111. The van der Waals surface area contributed by atoms with Gasteiger partial charge in [0.25, 0.3) is 10.0 Å². The number of aryl methyl sites for hydroxylation is 1. The van der Waals surface area contributed by atoms with E-state index >= 15 is 0 Å². The maximum atomic E-state index is 12.6. The van der Waals surface area contributed by atoms with E-state index in [2.05, 4.69) is 10.3 Å². The molecule has 1 N–H and O–H groups in total. The number of halogens is 3. The van der Waals surface area contributed by atoms with E-state index in [1.165, 1.54) is 20.9 Å². The lowest BCUT2D eigenvalue weighted by Gasteiger charge is -2.10. The topological polar surface area (TPSA) is 111 Å². The van der Waals surface area contributed by atoms with E-state index in [0.29, 0.717) is 5.52 Å². The Labute approximate surface area is 139 Å². The van der Waals surface area contributed by atoms with Gasteiger partial charge in [-0.3, -0.25) is 0 Å². The summed E-state index contributed by atoms with van der Waals surface area (Å²) in [5, 5.41) is 7.42. The van der Waals surface area contributed by atoms with Gasteiger partial charge in [-0.25, -0.2) is 21.5 Å². The predicted molar refractivity (Wildman–Crippen MR) is 81.1 cm³/mol. The number of benzene rings is 1. The van der Waals surface area contributed by atoms with Crippen molar-refractivity contribution in [3.8, 4) is 0 Å². The summed E-state index contributed by atoms with van der Waals surface area (Å²) in [6.45, 7) is 0. The van der Waals surface area contributed by atoms with E-state index in [1.54, 1.807) is 7.05 Å². The van der Waals surface area contributed by atoms with E-state index in [0.717, 1.165) is 6.07 Å². The number of alkyl halides is 3. The van der Waals surface area contributed by atoms with Crippen molar-refractivity contribution in [3.63, 3.8) is 0 Å². The van der Waals surface area contributed by atoms with E-state index in [-0.39, 0.29) is 10.4 Å². The molecule has 0 fully saturated rings. The first-order valence-electron chi connectivity index (χ1n) is 6.02. The highest BCUT2D eigenvalue weighted by molar-refractivity contribution is 9.10. The second-order valence-electron chi connectivity index (χ2n) is 4.63. The molecule has 0 amide bonds. The van der Waals surface area contributed by atoms with Crippen molar-refractivity contribution >= 4 is 47.0 Å². The molecule has 13 heteroatoms. The molecule has 0 spiro atoms. The van der Waals surface area contributed by atoms with Crippen LogP contribution in [0, 0.1) is 0 Å². The van der Waals surface area contributed by atoms with Gasteiger partial charge in [0.2, 0.25) is 10.0 Å². The number of aromatic nitrogens is 3. The molecule has 0 atom stereocenters. The minimum atomic E-state index is -4.46. The normalized spacial score (nSPS) is 13.6. The molecule has 1 aromatic heterocycles. The Hall–Kier alpha value is -1.18. The first-order chi connectivity index (χ1) is 10.4. The molecule has 0 radical (unpaired) electrons. The minimum Gasteiger partial charge on any atom is -0.248 e. The molecule has 8 nitrogen and oxygen atoms in total. The summed E-state index contributed by atoms with van der Waals surface area (Å²) < 4.78 is 75.6. The fourth-order valence-electron chi connectivity index (χ4n) is 1.69. The van der Waals surface area contributed by atoms with Crippen molar-refractivity contribution in [1.29, 1.82) is 0 Å². The molecule has 23 heavy (non-hydrogen) atoms. The van der Waals surface area contributed by atoms with Gasteiger partial charge in [0.05, 0.1) is 16.2 Å². The minimum absolute atomic E-state index is 0.250. The van der Waals surface area contributed by atoms with Crippen LogP contribution in [-0.4, -0.2) is 42.4 Å². The summed E-state index contributed by atoms with van der Waals surface area (Å²) >= 11 is 1.99. The molecule has 2 rings (SSSR count). The van der Waals surface area contributed by atoms with Gasteiger partial charge in [-0.15, -0.1) is 9.23 Å². The molecule has 0 unspecified atom stereocenters. The molecule has 0 saturated heterocycles. The van der Waals surface area contributed by atoms with E-state index in [1.807, 2.05) is 15.9 Å². The number of nitrogens with zero attached hydrogens (tertiary/aromatic N) is 3. The van der Waals surface area contributed by atoms with Crippen molar-refractivity contribution in [2.75, 3.05) is 5.75 Å². The number of rotatable bonds is 6. The van der Waals surface area contributed by atoms with Gasteiger partial charge in [0.1, 0.15) is 5.52 Å². The highest BCUT2D eigenvalue weighted by Crippen LogP contribution is 2.26. The molecule has 1 aromatic carbocycles. The summed E-state index contributed by atoms with van der Waals surface area (Å²) in [6, 6.07) is 3.71. The Bertz CT molecular complexity index is 937. The largest absolute Gasteiger partial charge is 0.302 e. The van der Waals surface area contributed by atoms with Gasteiger partial charge in [-0.2, -0.15) is 8.78 Å². The number of hydrogen-bond donors (Lipinski definition) is 1. The molecule has 1 heterocycles. The summed E-state index contributed by atoms with van der Waals surface area (Å²) in [7, 11) is -7.30. The van der Waals surface area contributed by atoms with Crippen molar-refractivity contribution in [2.24, 2.45) is 7.05 Å². The summed E-state index contributed by atoms with van der Waals surface area (Å²) in [5.41, 5.74) is 0.797. The molecular weight excluding hydrogens is 422 g/mol. The third kappa shape index (κ3) is 4.65. The molecule has 0 aliphatic heterocycles. The Morgan fingerprint density at radius 3 is 2.57 bits per heavy atom. The zero-order valence-electron chi connectivity index (χ0n) is 11.6. The molecule has 0 aliphatic carbocycles. The fraction of sp³-hybridized carbons (Fsp3) is 0.400. The Balaban J connectivity index is 2.26. The molecule has 0 aliphatic rings. The third-order valence-electron chi connectivity index (χ3n) is 2.78. The summed E-state index contributed by atoms with van der Waals surface area (Å²) in [4.78, 5) is -3.76. The molecule has 128 valence electrons. The lowest BCUT2D eigenvalue weighted by Crippen LogP contribution is -2.33. The van der Waals surface area contributed by atoms with E-state index in [4.69, 9.17) is 0 Å². The van der Waals surface area contributed by atoms with Crippen LogP contribution in [0.1, 0.15) is 6.42 Å². The molecule has 2 aromatic rings. The molecule has 0 bridgehead atoms. The van der Waals surface area contributed by atoms with Crippen LogP contribution in [0.3, 0.4) is 0 Å². The SMILES string of the molecule is Cn1nnc2cc(S(=O)(=O)NS(=O)(=O)CCC(F)(F)Br)ccc21. The average Bonchev–Trinajstić information content (AvgIpc) is 2.76. The molecular formula is C10H11BrF2N4O4S2. The number of fused-ring (bicyclic) bond motifs is 1. The van der Waals surface area contributed by atoms with Crippen molar-refractivity contribution in [3.05, 3.63) is 18.2 Å². The highest BCUT2D eigenvalue weighted by atomic mass is 79.9. The Morgan fingerprint density at radius 2 is 1.96 bits per heavy atom. The Kier molecular flexibility index (Phi) is 4.76. The molecule has 0 saturated carbocycles. The summed E-state index contributed by atoms with van der Waals surface area (Å²) in [6.07, 6.45) is -1.07. The van der Waals surface area contributed by atoms with Crippen LogP contribution in [0.15, 0.2) is 23.1 Å². The van der Waals surface area contributed by atoms with Gasteiger partial charge >= 0.3 is 4.83 Å². The van der Waals surface area contributed by atoms with Crippen LogP contribution in [0.25, 0.3) is 11.0 Å². The number of hydrogen-bond acceptors (Lipinski definition) is 6. The maximum absolute atomic E-state index is 12.6. The van der Waals surface area contributed by atoms with Crippen LogP contribution >= 0.6 is 15.9 Å². The lowest BCUT2D eigenvalue weighted by atomic mass is 10.3. The van der Waals surface area contributed by atoms with Crippen molar-refractivity contribution < 1.29 is 25.6 Å². The second kappa shape index (κ2) is 6.03. The van der Waals surface area contributed by atoms with Gasteiger partial charge in [0, 0.05) is 13.5 Å². The highest BCUT2D eigenvalue weighted by Gasteiger charge is 2.30. The quantitative estimate of drug-likeness (QED) is 0.680. The van der Waals surface area contributed by atoms with Gasteiger partial charge in [-0.1, -0.05) is 5.21 Å². The standard InChI is InChI=1S/C10H11BrF2N4O4S2/c1-17-9-3-2-7(6-8(9)14-15-17)23(20,21)16-22(18,19)5-4-10(11,12)13/h2-3,6,16H,4-5H2,1H3. The van der Waals surface area contributed by atoms with E-state index < -0.39 is 37.1 Å². The predicted octanol–water partition coefficient (Wildman–Crippen LogP) is 0.954. The van der Waals surface area contributed by atoms with Crippen molar-refractivity contribution in [2.45, 2.75) is 16.1 Å². The summed E-state index contributed by atoms with van der Waals surface area (Å²) in [5.74, 6) is -1.06. The smallest absolute Gasteiger partial charge is 0.248 e.